The number of nitriles is 1. The van der Waals surface area contributed by atoms with E-state index >= 15 is 0 Å². The Morgan fingerprint density at radius 2 is 1.87 bits per heavy atom. The van der Waals surface area contributed by atoms with Gasteiger partial charge in [0.25, 0.3) is 5.91 Å². The van der Waals surface area contributed by atoms with E-state index in [0.717, 1.165) is 5.39 Å². The molecular weight excluding hydrogens is 491 g/mol. The van der Waals surface area contributed by atoms with E-state index in [2.05, 4.69) is 25.3 Å². The monoisotopic (exact) mass is 510 g/mol. The number of anilines is 2. The minimum atomic E-state index is -0.776. The summed E-state index contributed by atoms with van der Waals surface area (Å²) >= 11 is 0. The van der Waals surface area contributed by atoms with Crippen LogP contribution >= 0.6 is 0 Å². The Kier molecular flexibility index (Phi) is 6.28. The van der Waals surface area contributed by atoms with Crippen molar-refractivity contribution in [3.63, 3.8) is 0 Å². The molecule has 0 atom stereocenters. The van der Waals surface area contributed by atoms with Gasteiger partial charge in [0.1, 0.15) is 11.5 Å². The lowest BCUT2D eigenvalue weighted by molar-refractivity contribution is -0.115. The molecule has 0 saturated carbocycles. The number of nitrogens with zero attached hydrogens (tertiary/aromatic N) is 3. The van der Waals surface area contributed by atoms with Gasteiger partial charge in [0.15, 0.2) is 5.82 Å². The van der Waals surface area contributed by atoms with Crippen molar-refractivity contribution in [2.24, 2.45) is 7.05 Å². The van der Waals surface area contributed by atoms with Crippen molar-refractivity contribution in [1.29, 1.82) is 5.26 Å². The molecule has 0 aliphatic heterocycles. The van der Waals surface area contributed by atoms with Crippen molar-refractivity contribution in [3.05, 3.63) is 99.9 Å². The first-order valence-electron chi connectivity index (χ1n) is 11.4. The van der Waals surface area contributed by atoms with Crippen molar-refractivity contribution in [3.8, 4) is 17.5 Å². The SMILES string of the molecule is Cn1c(C(=O)Nc2ccc(C#N)cc2-c2noc(=O)[nH]2)cc2cccc(NC(=O)Cc3ccc(F)cc3)c21. The summed E-state index contributed by atoms with van der Waals surface area (Å²) in [6.45, 7) is 0. The molecule has 0 aliphatic rings. The fraction of sp³-hybridized carbons (Fsp3) is 0.0741. The van der Waals surface area contributed by atoms with Gasteiger partial charge in [0, 0.05) is 18.0 Å². The second-order valence-electron chi connectivity index (χ2n) is 8.45. The van der Waals surface area contributed by atoms with E-state index in [9.17, 15) is 24.0 Å². The molecule has 2 heterocycles. The van der Waals surface area contributed by atoms with E-state index < -0.39 is 11.7 Å². The van der Waals surface area contributed by atoms with Crippen molar-refractivity contribution >= 4 is 34.1 Å². The number of fused-ring (bicyclic) bond motifs is 1. The van der Waals surface area contributed by atoms with Gasteiger partial charge in [-0.2, -0.15) is 5.26 Å². The maximum Gasteiger partial charge on any atom is 0.439 e. The first-order valence-corrected chi connectivity index (χ1v) is 11.4. The molecule has 0 spiro atoms. The normalized spacial score (nSPS) is 10.8. The minimum Gasteiger partial charge on any atom is -0.338 e. The summed E-state index contributed by atoms with van der Waals surface area (Å²) in [7, 11) is 1.70. The van der Waals surface area contributed by atoms with Crippen LogP contribution in [0.3, 0.4) is 0 Å². The van der Waals surface area contributed by atoms with Gasteiger partial charge in [0.05, 0.1) is 34.9 Å². The average Bonchev–Trinajstić information content (AvgIpc) is 3.49. The van der Waals surface area contributed by atoms with E-state index in [1.807, 2.05) is 12.1 Å². The van der Waals surface area contributed by atoms with Crippen LogP contribution in [0.2, 0.25) is 0 Å². The lowest BCUT2D eigenvalue weighted by Crippen LogP contribution is -2.17. The van der Waals surface area contributed by atoms with Crippen molar-refractivity contribution < 1.29 is 18.5 Å². The maximum atomic E-state index is 13.3. The third-order valence-corrected chi connectivity index (χ3v) is 5.93. The second-order valence-corrected chi connectivity index (χ2v) is 8.45. The average molecular weight is 510 g/mol. The van der Waals surface area contributed by atoms with Gasteiger partial charge in [-0.1, -0.05) is 29.4 Å². The van der Waals surface area contributed by atoms with Gasteiger partial charge in [-0.15, -0.1) is 0 Å². The van der Waals surface area contributed by atoms with Crippen LogP contribution in [0.15, 0.2) is 76.0 Å². The lowest BCUT2D eigenvalue weighted by atomic mass is 10.1. The van der Waals surface area contributed by atoms with Crippen LogP contribution in [0.5, 0.6) is 0 Å². The Bertz CT molecular complexity index is 1790. The van der Waals surface area contributed by atoms with Crippen molar-refractivity contribution in [1.82, 2.24) is 14.7 Å². The first kappa shape index (κ1) is 24.2. The van der Waals surface area contributed by atoms with E-state index in [1.165, 1.54) is 30.3 Å². The highest BCUT2D eigenvalue weighted by Crippen LogP contribution is 2.29. The minimum absolute atomic E-state index is 0.0556. The van der Waals surface area contributed by atoms with Gasteiger partial charge in [-0.05, 0) is 48.0 Å². The predicted octanol–water partition coefficient (Wildman–Crippen LogP) is 3.97. The van der Waals surface area contributed by atoms with Crippen LogP contribution in [0.25, 0.3) is 22.3 Å². The number of aromatic amines is 1. The van der Waals surface area contributed by atoms with Crippen molar-refractivity contribution in [2.75, 3.05) is 10.6 Å². The molecule has 5 rings (SSSR count). The molecule has 10 nitrogen and oxygen atoms in total. The standard InChI is InChI=1S/C27H19FN6O4/c1-34-22(26(36)31-20-10-7-16(14-29)11-19(20)25-32-27(37)38-33-25)13-17-3-2-4-21(24(17)34)30-23(35)12-15-5-8-18(28)9-6-15/h2-11,13H,12H2,1H3,(H,30,35)(H,31,36)(H,32,33,37). The molecule has 38 heavy (non-hydrogen) atoms. The zero-order chi connectivity index (χ0) is 26.8. The number of hydrogen-bond acceptors (Lipinski definition) is 6. The van der Waals surface area contributed by atoms with Crippen molar-refractivity contribution in [2.45, 2.75) is 6.42 Å². The summed E-state index contributed by atoms with van der Waals surface area (Å²) in [4.78, 5) is 39.9. The van der Waals surface area contributed by atoms with Gasteiger partial charge >= 0.3 is 5.76 Å². The molecule has 11 heteroatoms. The van der Waals surface area contributed by atoms with Crippen LogP contribution in [0.4, 0.5) is 15.8 Å². The molecule has 0 radical (unpaired) electrons. The zero-order valence-corrected chi connectivity index (χ0v) is 19.9. The maximum absolute atomic E-state index is 13.3. The van der Waals surface area contributed by atoms with Gasteiger partial charge in [0.2, 0.25) is 5.91 Å². The quantitative estimate of drug-likeness (QED) is 0.315. The van der Waals surface area contributed by atoms with E-state index in [0.29, 0.717) is 39.3 Å². The Morgan fingerprint density at radius 3 is 2.58 bits per heavy atom. The number of amides is 2. The van der Waals surface area contributed by atoms with Crippen LogP contribution in [-0.4, -0.2) is 26.5 Å². The molecule has 2 amide bonds. The number of rotatable bonds is 6. The summed E-state index contributed by atoms with van der Waals surface area (Å²) < 4.78 is 19.4. The summed E-state index contributed by atoms with van der Waals surface area (Å²) in [6.07, 6.45) is 0.0556. The summed E-state index contributed by atoms with van der Waals surface area (Å²) in [5.74, 6) is -1.85. The number of aromatic nitrogens is 3. The number of hydrogen-bond donors (Lipinski definition) is 3. The molecule has 0 bridgehead atoms. The summed E-state index contributed by atoms with van der Waals surface area (Å²) in [6, 6.07) is 19.2. The number of benzene rings is 3. The highest BCUT2D eigenvalue weighted by molar-refractivity contribution is 6.10. The zero-order valence-electron chi connectivity index (χ0n) is 19.9. The number of para-hydroxylation sites is 1. The highest BCUT2D eigenvalue weighted by Gasteiger charge is 2.19. The third kappa shape index (κ3) is 4.78. The molecule has 188 valence electrons. The summed E-state index contributed by atoms with van der Waals surface area (Å²) in [5.41, 5.74) is 3.00. The fourth-order valence-corrected chi connectivity index (χ4v) is 4.17. The predicted molar refractivity (Wildman–Crippen MR) is 137 cm³/mol. The topological polar surface area (TPSA) is 146 Å². The molecule has 0 saturated heterocycles. The van der Waals surface area contributed by atoms with E-state index in [4.69, 9.17) is 0 Å². The number of H-pyrrole nitrogens is 1. The summed E-state index contributed by atoms with van der Waals surface area (Å²) in [5, 5.41) is 19.3. The second kappa shape index (κ2) is 9.87. The molecular formula is C27H19FN6O4. The molecule has 3 aromatic carbocycles. The van der Waals surface area contributed by atoms with Gasteiger partial charge in [-0.25, -0.2) is 9.18 Å². The Labute approximate surface area is 214 Å². The molecule has 0 aliphatic carbocycles. The van der Waals surface area contributed by atoms with E-state index in [-0.39, 0.29) is 24.0 Å². The molecule has 3 N–H and O–H groups in total. The van der Waals surface area contributed by atoms with E-state index in [1.54, 1.807) is 41.9 Å². The lowest BCUT2D eigenvalue weighted by Gasteiger charge is -2.12. The third-order valence-electron chi connectivity index (χ3n) is 5.93. The Morgan fingerprint density at radius 1 is 1.08 bits per heavy atom. The Balaban J connectivity index is 1.43. The first-order chi connectivity index (χ1) is 18.3. The number of halogens is 1. The van der Waals surface area contributed by atoms with Crippen LogP contribution < -0.4 is 16.4 Å². The number of carbonyl (C=O) groups is 2. The van der Waals surface area contributed by atoms with Gasteiger partial charge < -0.3 is 15.2 Å². The largest absolute Gasteiger partial charge is 0.439 e. The van der Waals surface area contributed by atoms with Crippen LogP contribution in [0.1, 0.15) is 21.6 Å². The fourth-order valence-electron chi connectivity index (χ4n) is 4.17. The Hall–Kier alpha value is -5.50. The molecule has 2 aromatic heterocycles. The molecule has 0 unspecified atom stereocenters. The molecule has 5 aromatic rings. The number of carbonyl (C=O) groups excluding carboxylic acids is 2. The molecule has 0 fully saturated rings. The van der Waals surface area contributed by atoms with Crippen LogP contribution in [-0.2, 0) is 18.3 Å². The smallest absolute Gasteiger partial charge is 0.338 e. The van der Waals surface area contributed by atoms with Crippen LogP contribution in [0, 0.1) is 17.1 Å². The number of nitrogens with one attached hydrogen (secondary N) is 3. The van der Waals surface area contributed by atoms with Gasteiger partial charge in [-0.3, -0.25) is 19.1 Å². The number of aryl methyl sites for hydroxylation is 1. The highest BCUT2D eigenvalue weighted by atomic mass is 19.1.